The first-order valence-corrected chi connectivity index (χ1v) is 13.1. The standard InChI is InChI=1S/C33H32O10/c1-36-26-16-22(17-27(37-2)30(26)40-5)32(34)42-24-11-7-20(8-12-24)15-21-9-13-25(14-10-21)43-33(35)23-18-28(38-3)31(41-6)29(19-23)39-4/h7-14,16-19H,15H2,1-6H3. The van der Waals surface area contributed by atoms with Crippen molar-refractivity contribution in [2.45, 2.75) is 6.42 Å². The van der Waals surface area contributed by atoms with Gasteiger partial charge < -0.3 is 37.9 Å². The number of rotatable bonds is 12. The molecular weight excluding hydrogens is 556 g/mol. The maximum absolute atomic E-state index is 12.8. The Labute approximate surface area is 249 Å². The van der Waals surface area contributed by atoms with Gasteiger partial charge in [-0.2, -0.15) is 0 Å². The zero-order valence-electron chi connectivity index (χ0n) is 24.7. The van der Waals surface area contributed by atoms with Crippen LogP contribution in [-0.4, -0.2) is 54.6 Å². The lowest BCUT2D eigenvalue weighted by molar-refractivity contribution is 0.0724. The molecule has 10 nitrogen and oxygen atoms in total. The third kappa shape index (κ3) is 7.10. The third-order valence-corrected chi connectivity index (χ3v) is 6.48. The van der Waals surface area contributed by atoms with Crippen molar-refractivity contribution in [1.29, 1.82) is 0 Å². The van der Waals surface area contributed by atoms with Gasteiger partial charge in [-0.05, 0) is 66.1 Å². The molecular formula is C33H32O10. The molecule has 4 aromatic carbocycles. The van der Waals surface area contributed by atoms with Gasteiger partial charge >= 0.3 is 11.9 Å². The molecule has 0 unspecified atom stereocenters. The number of carbonyl (C=O) groups excluding carboxylic acids is 2. The Morgan fingerprint density at radius 1 is 0.465 bits per heavy atom. The van der Waals surface area contributed by atoms with E-state index in [1.54, 1.807) is 24.3 Å². The van der Waals surface area contributed by atoms with Gasteiger partial charge in [-0.3, -0.25) is 0 Å². The molecule has 0 radical (unpaired) electrons. The first-order chi connectivity index (χ1) is 20.8. The maximum atomic E-state index is 12.8. The first-order valence-electron chi connectivity index (χ1n) is 13.1. The van der Waals surface area contributed by atoms with Crippen LogP contribution in [0.4, 0.5) is 0 Å². The number of methoxy groups -OCH3 is 6. The molecule has 0 fully saturated rings. The largest absolute Gasteiger partial charge is 0.493 e. The summed E-state index contributed by atoms with van der Waals surface area (Å²) in [5, 5.41) is 0. The molecule has 0 aliphatic carbocycles. The molecule has 0 aliphatic rings. The van der Waals surface area contributed by atoms with E-state index in [1.165, 1.54) is 66.9 Å². The normalized spacial score (nSPS) is 10.4. The van der Waals surface area contributed by atoms with Gasteiger partial charge in [0.15, 0.2) is 23.0 Å². The van der Waals surface area contributed by atoms with Crippen molar-refractivity contribution in [1.82, 2.24) is 0 Å². The van der Waals surface area contributed by atoms with Crippen LogP contribution in [0, 0.1) is 0 Å². The molecule has 0 N–H and O–H groups in total. The summed E-state index contributed by atoms with van der Waals surface area (Å²) in [5.41, 5.74) is 2.50. The van der Waals surface area contributed by atoms with E-state index in [1.807, 2.05) is 24.3 Å². The van der Waals surface area contributed by atoms with Crippen LogP contribution >= 0.6 is 0 Å². The van der Waals surface area contributed by atoms with Crippen LogP contribution in [0.25, 0.3) is 0 Å². The fourth-order valence-corrected chi connectivity index (χ4v) is 4.32. The number of ether oxygens (including phenoxy) is 8. The number of hydrogen-bond donors (Lipinski definition) is 0. The van der Waals surface area contributed by atoms with Crippen molar-refractivity contribution >= 4 is 11.9 Å². The zero-order chi connectivity index (χ0) is 30.9. The molecule has 0 aliphatic heterocycles. The first kappa shape index (κ1) is 30.6. The molecule has 0 spiro atoms. The van der Waals surface area contributed by atoms with Crippen molar-refractivity contribution < 1.29 is 47.5 Å². The number of hydrogen-bond acceptors (Lipinski definition) is 10. The van der Waals surface area contributed by atoms with Crippen LogP contribution in [0.3, 0.4) is 0 Å². The maximum Gasteiger partial charge on any atom is 0.343 e. The summed E-state index contributed by atoms with van der Waals surface area (Å²) >= 11 is 0. The summed E-state index contributed by atoms with van der Waals surface area (Å²) in [4.78, 5) is 25.6. The molecule has 0 saturated carbocycles. The van der Waals surface area contributed by atoms with E-state index in [4.69, 9.17) is 37.9 Å². The topological polar surface area (TPSA) is 108 Å². The third-order valence-electron chi connectivity index (χ3n) is 6.48. The Balaban J connectivity index is 1.38. The van der Waals surface area contributed by atoms with Crippen LogP contribution in [0.15, 0.2) is 72.8 Å². The Kier molecular flexibility index (Phi) is 9.95. The van der Waals surface area contributed by atoms with Crippen LogP contribution in [0.5, 0.6) is 46.0 Å². The highest BCUT2D eigenvalue weighted by Crippen LogP contribution is 2.39. The van der Waals surface area contributed by atoms with Crippen molar-refractivity contribution in [3.63, 3.8) is 0 Å². The number of benzene rings is 4. The second-order valence-corrected chi connectivity index (χ2v) is 9.07. The Morgan fingerprint density at radius 3 is 1.02 bits per heavy atom. The Bertz CT molecular complexity index is 1410. The van der Waals surface area contributed by atoms with Crippen molar-refractivity contribution in [3.05, 3.63) is 95.1 Å². The zero-order valence-corrected chi connectivity index (χ0v) is 24.7. The molecule has 4 rings (SSSR count). The predicted molar refractivity (Wildman–Crippen MR) is 158 cm³/mol. The molecule has 0 aromatic heterocycles. The summed E-state index contributed by atoms with van der Waals surface area (Å²) in [6.45, 7) is 0. The van der Waals surface area contributed by atoms with E-state index in [2.05, 4.69) is 0 Å². The number of esters is 2. The van der Waals surface area contributed by atoms with Gasteiger partial charge in [-0.25, -0.2) is 9.59 Å². The van der Waals surface area contributed by atoms with Crippen molar-refractivity contribution in [3.8, 4) is 46.0 Å². The van der Waals surface area contributed by atoms with E-state index >= 15 is 0 Å². The molecule has 0 bridgehead atoms. The highest BCUT2D eigenvalue weighted by Gasteiger charge is 2.20. The Morgan fingerprint density at radius 2 is 0.767 bits per heavy atom. The summed E-state index contributed by atoms with van der Waals surface area (Å²) < 4.78 is 42.9. The molecule has 4 aromatic rings. The van der Waals surface area contributed by atoms with Crippen LogP contribution in [0.1, 0.15) is 31.8 Å². The minimum Gasteiger partial charge on any atom is -0.493 e. The molecule has 43 heavy (non-hydrogen) atoms. The second kappa shape index (κ2) is 14.0. The summed E-state index contributed by atoms with van der Waals surface area (Å²) in [5.74, 6) is 1.82. The Hall–Kier alpha value is -5.38. The van der Waals surface area contributed by atoms with E-state index in [0.717, 1.165) is 11.1 Å². The lowest BCUT2D eigenvalue weighted by atomic mass is 10.0. The highest BCUT2D eigenvalue weighted by atomic mass is 16.6. The minimum absolute atomic E-state index is 0.254. The van der Waals surface area contributed by atoms with Gasteiger partial charge in [0, 0.05) is 0 Å². The second-order valence-electron chi connectivity index (χ2n) is 9.07. The summed E-state index contributed by atoms with van der Waals surface area (Å²) in [6.07, 6.45) is 0.613. The van der Waals surface area contributed by atoms with E-state index in [-0.39, 0.29) is 11.1 Å². The van der Waals surface area contributed by atoms with E-state index in [0.29, 0.717) is 52.4 Å². The van der Waals surface area contributed by atoms with E-state index < -0.39 is 11.9 Å². The summed E-state index contributed by atoms with van der Waals surface area (Å²) in [7, 11) is 8.88. The van der Waals surface area contributed by atoms with Crippen LogP contribution < -0.4 is 37.9 Å². The van der Waals surface area contributed by atoms with Crippen LogP contribution in [-0.2, 0) is 6.42 Å². The highest BCUT2D eigenvalue weighted by molar-refractivity contribution is 5.93. The van der Waals surface area contributed by atoms with E-state index in [9.17, 15) is 9.59 Å². The van der Waals surface area contributed by atoms with Gasteiger partial charge in [-0.1, -0.05) is 24.3 Å². The lowest BCUT2D eigenvalue weighted by Crippen LogP contribution is -2.10. The molecule has 10 heteroatoms. The van der Waals surface area contributed by atoms with Crippen molar-refractivity contribution in [2.24, 2.45) is 0 Å². The molecule has 224 valence electrons. The molecule has 0 saturated heterocycles. The van der Waals surface area contributed by atoms with Gasteiger partial charge in [0.05, 0.1) is 53.8 Å². The molecule has 0 heterocycles. The van der Waals surface area contributed by atoms with Gasteiger partial charge in [0.2, 0.25) is 11.5 Å². The molecule has 0 atom stereocenters. The number of carbonyl (C=O) groups is 2. The molecule has 0 amide bonds. The average Bonchev–Trinajstić information content (AvgIpc) is 3.04. The van der Waals surface area contributed by atoms with Gasteiger partial charge in [-0.15, -0.1) is 0 Å². The predicted octanol–water partition coefficient (Wildman–Crippen LogP) is 5.77. The average molecular weight is 589 g/mol. The SMILES string of the molecule is COc1cc(C(=O)Oc2ccc(Cc3ccc(OC(=O)c4cc(OC)c(OC)c(OC)c4)cc3)cc2)cc(OC)c1OC. The van der Waals surface area contributed by atoms with Gasteiger partial charge in [0.25, 0.3) is 0 Å². The fourth-order valence-electron chi connectivity index (χ4n) is 4.32. The van der Waals surface area contributed by atoms with Crippen molar-refractivity contribution in [2.75, 3.05) is 42.7 Å². The quantitative estimate of drug-likeness (QED) is 0.150. The van der Waals surface area contributed by atoms with Crippen LogP contribution in [0.2, 0.25) is 0 Å². The lowest BCUT2D eigenvalue weighted by Gasteiger charge is -2.14. The fraction of sp³-hybridized carbons (Fsp3) is 0.212. The van der Waals surface area contributed by atoms with Gasteiger partial charge in [0.1, 0.15) is 11.5 Å². The monoisotopic (exact) mass is 588 g/mol. The minimum atomic E-state index is -0.566. The smallest absolute Gasteiger partial charge is 0.343 e. The summed E-state index contributed by atoms with van der Waals surface area (Å²) in [6, 6.07) is 20.5.